The van der Waals surface area contributed by atoms with E-state index in [4.69, 9.17) is 17.3 Å². The van der Waals surface area contributed by atoms with Gasteiger partial charge in [-0.05, 0) is 24.7 Å². The molecule has 1 aromatic carbocycles. The topological polar surface area (TPSA) is 110 Å². The number of carbonyl (C=O) groups is 1. The molecule has 148 valence electrons. The first-order valence-corrected chi connectivity index (χ1v) is 10.3. The van der Waals surface area contributed by atoms with Gasteiger partial charge in [-0.15, -0.1) is 0 Å². The Bertz CT molecular complexity index is 1000. The van der Waals surface area contributed by atoms with Crippen molar-refractivity contribution in [3.8, 4) is 23.3 Å². The number of nitrogens with zero attached hydrogens (tertiary/aromatic N) is 5. The molecule has 3 rings (SSSR count). The van der Waals surface area contributed by atoms with Crippen LogP contribution in [0.2, 0.25) is 5.02 Å². The van der Waals surface area contributed by atoms with Gasteiger partial charge in [0.05, 0.1) is 11.3 Å². The third-order valence-corrected chi connectivity index (χ3v) is 5.95. The Labute approximate surface area is 178 Å². The van der Waals surface area contributed by atoms with E-state index in [2.05, 4.69) is 16.0 Å². The number of piperazine rings is 1. The lowest BCUT2D eigenvalue weighted by atomic mass is 9.97. The largest absolute Gasteiger partial charge is 0.383 e. The van der Waals surface area contributed by atoms with Crippen molar-refractivity contribution in [3.05, 3.63) is 40.4 Å². The molecule has 0 radical (unpaired) electrons. The molecule has 1 aliphatic heterocycles. The number of rotatable bonds is 4. The lowest BCUT2D eigenvalue weighted by Crippen LogP contribution is -2.47. The normalized spacial score (nSPS) is 14.3. The number of nitriles is 2. The number of anilines is 1. The number of hydrogen-bond donors (Lipinski definition) is 1. The Hall–Kier alpha value is -2.78. The number of hydrogen-bond acceptors (Lipinski definition) is 7. The molecule has 0 saturated carbocycles. The first-order chi connectivity index (χ1) is 13.9. The Morgan fingerprint density at radius 2 is 1.79 bits per heavy atom. The zero-order chi connectivity index (χ0) is 21.0. The molecule has 2 heterocycles. The second-order valence-corrected chi connectivity index (χ2v) is 8.03. The van der Waals surface area contributed by atoms with Crippen molar-refractivity contribution < 1.29 is 4.79 Å². The lowest BCUT2D eigenvalue weighted by Gasteiger charge is -2.32. The minimum absolute atomic E-state index is 0.00948. The van der Waals surface area contributed by atoms with Crippen molar-refractivity contribution in [2.45, 2.75) is 5.03 Å². The third-order valence-electron chi connectivity index (χ3n) is 4.74. The van der Waals surface area contributed by atoms with Gasteiger partial charge in [0.25, 0.3) is 0 Å². The molecule has 7 nitrogen and oxygen atoms in total. The number of likely N-dealkylation sites (N-methyl/N-ethyl adjacent to an activating group) is 1. The Balaban J connectivity index is 1.91. The summed E-state index contributed by atoms with van der Waals surface area (Å²) in [7, 11) is 2.03. The van der Waals surface area contributed by atoms with Gasteiger partial charge in [0.2, 0.25) is 5.91 Å². The van der Waals surface area contributed by atoms with Crippen LogP contribution >= 0.6 is 23.4 Å². The van der Waals surface area contributed by atoms with Crippen LogP contribution in [0, 0.1) is 22.7 Å². The molecule has 0 atom stereocenters. The molecule has 0 bridgehead atoms. The van der Waals surface area contributed by atoms with Crippen LogP contribution in [0.15, 0.2) is 29.3 Å². The third kappa shape index (κ3) is 4.63. The van der Waals surface area contributed by atoms with Gasteiger partial charge in [-0.1, -0.05) is 35.5 Å². The molecular weight excluding hydrogens is 408 g/mol. The van der Waals surface area contributed by atoms with Gasteiger partial charge >= 0.3 is 0 Å². The molecule has 1 amide bonds. The zero-order valence-corrected chi connectivity index (χ0v) is 17.4. The molecule has 2 aromatic rings. The quantitative estimate of drug-likeness (QED) is 0.748. The predicted octanol–water partition coefficient (Wildman–Crippen LogP) is 2.59. The number of carbonyl (C=O) groups excluding carboxylic acids is 1. The van der Waals surface area contributed by atoms with Crippen LogP contribution in [-0.2, 0) is 4.79 Å². The summed E-state index contributed by atoms with van der Waals surface area (Å²) in [5, 5.41) is 20.2. The first kappa shape index (κ1) is 20.9. The fraction of sp³-hybridized carbons (Fsp3) is 0.300. The van der Waals surface area contributed by atoms with Crippen molar-refractivity contribution in [2.24, 2.45) is 0 Å². The summed E-state index contributed by atoms with van der Waals surface area (Å²) in [6.45, 7) is 3.03. The Morgan fingerprint density at radius 1 is 1.17 bits per heavy atom. The highest BCUT2D eigenvalue weighted by molar-refractivity contribution is 8.00. The van der Waals surface area contributed by atoms with Crippen LogP contribution in [0.5, 0.6) is 0 Å². The van der Waals surface area contributed by atoms with E-state index >= 15 is 0 Å². The Morgan fingerprint density at radius 3 is 2.38 bits per heavy atom. The molecule has 0 spiro atoms. The van der Waals surface area contributed by atoms with E-state index in [0.29, 0.717) is 34.3 Å². The maximum absolute atomic E-state index is 12.6. The minimum atomic E-state index is -0.00948. The summed E-state index contributed by atoms with van der Waals surface area (Å²) in [6.07, 6.45) is 0. The van der Waals surface area contributed by atoms with Gasteiger partial charge in [0.1, 0.15) is 28.5 Å². The van der Waals surface area contributed by atoms with Crippen molar-refractivity contribution >= 4 is 35.1 Å². The molecule has 1 aliphatic rings. The molecule has 29 heavy (non-hydrogen) atoms. The SMILES string of the molecule is CN1CCN(C(=O)CSc2nc(N)c(C#N)c(-c3ccc(Cl)cc3)c2C#N)CC1. The van der Waals surface area contributed by atoms with Crippen LogP contribution in [-0.4, -0.2) is 59.7 Å². The van der Waals surface area contributed by atoms with E-state index in [9.17, 15) is 15.3 Å². The van der Waals surface area contributed by atoms with Crippen LogP contribution in [0.4, 0.5) is 5.82 Å². The number of halogens is 1. The number of thioether (sulfide) groups is 1. The standard InChI is InChI=1S/C20H19ClN6OS/c1-26-6-8-27(9-7-26)17(28)12-29-20-16(11-23)18(15(10-22)19(24)25-20)13-2-4-14(21)5-3-13/h2-5H,6-9,12H2,1H3,(H2,24,25). The van der Waals surface area contributed by atoms with Gasteiger partial charge in [-0.3, -0.25) is 4.79 Å². The van der Waals surface area contributed by atoms with Crippen LogP contribution in [0.25, 0.3) is 11.1 Å². The second kappa shape index (κ2) is 9.15. The highest BCUT2D eigenvalue weighted by Crippen LogP contribution is 2.36. The van der Waals surface area contributed by atoms with Crippen molar-refractivity contribution in [1.82, 2.24) is 14.8 Å². The molecule has 1 saturated heterocycles. The van der Waals surface area contributed by atoms with Crippen molar-refractivity contribution in [3.63, 3.8) is 0 Å². The maximum atomic E-state index is 12.6. The number of nitrogens with two attached hydrogens (primary N) is 1. The molecule has 0 unspecified atom stereocenters. The summed E-state index contributed by atoms with van der Waals surface area (Å²) in [5.74, 6) is 0.173. The van der Waals surface area contributed by atoms with E-state index in [1.54, 1.807) is 24.3 Å². The van der Waals surface area contributed by atoms with Gasteiger partial charge in [0.15, 0.2) is 0 Å². The molecule has 9 heteroatoms. The minimum Gasteiger partial charge on any atom is -0.383 e. The number of nitrogen functional groups attached to an aromatic ring is 1. The average Bonchev–Trinajstić information content (AvgIpc) is 2.72. The van der Waals surface area contributed by atoms with Crippen molar-refractivity contribution in [1.29, 1.82) is 10.5 Å². The number of pyridine rings is 1. The number of benzene rings is 1. The van der Waals surface area contributed by atoms with E-state index in [-0.39, 0.29) is 28.6 Å². The summed E-state index contributed by atoms with van der Waals surface area (Å²) < 4.78 is 0. The number of amides is 1. The average molecular weight is 427 g/mol. The van der Waals surface area contributed by atoms with Crippen LogP contribution in [0.3, 0.4) is 0 Å². The fourth-order valence-corrected chi connectivity index (χ4v) is 4.11. The Kier molecular flexibility index (Phi) is 6.60. The van der Waals surface area contributed by atoms with Gasteiger partial charge in [-0.25, -0.2) is 4.98 Å². The van der Waals surface area contributed by atoms with Gasteiger partial charge < -0.3 is 15.5 Å². The van der Waals surface area contributed by atoms with Crippen LogP contribution < -0.4 is 5.73 Å². The van der Waals surface area contributed by atoms with E-state index < -0.39 is 0 Å². The van der Waals surface area contributed by atoms with Gasteiger partial charge in [-0.2, -0.15) is 10.5 Å². The lowest BCUT2D eigenvalue weighted by molar-refractivity contribution is -0.129. The second-order valence-electron chi connectivity index (χ2n) is 6.63. The smallest absolute Gasteiger partial charge is 0.233 e. The summed E-state index contributed by atoms with van der Waals surface area (Å²) in [6, 6.07) is 11.0. The first-order valence-electron chi connectivity index (χ1n) is 8.93. The number of aromatic nitrogens is 1. The summed E-state index contributed by atoms with van der Waals surface area (Å²) in [5.41, 5.74) is 7.43. The molecule has 1 fully saturated rings. The summed E-state index contributed by atoms with van der Waals surface area (Å²) in [4.78, 5) is 20.8. The highest BCUT2D eigenvalue weighted by Gasteiger charge is 2.23. The zero-order valence-electron chi connectivity index (χ0n) is 15.9. The molecule has 1 aromatic heterocycles. The highest BCUT2D eigenvalue weighted by atomic mass is 35.5. The van der Waals surface area contributed by atoms with Crippen molar-refractivity contribution in [2.75, 3.05) is 44.7 Å². The maximum Gasteiger partial charge on any atom is 0.233 e. The van der Waals surface area contributed by atoms with Gasteiger partial charge in [0, 0.05) is 36.8 Å². The summed E-state index contributed by atoms with van der Waals surface area (Å²) >= 11 is 7.13. The van der Waals surface area contributed by atoms with Crippen LogP contribution in [0.1, 0.15) is 11.1 Å². The predicted molar refractivity (Wildman–Crippen MR) is 113 cm³/mol. The van der Waals surface area contributed by atoms with E-state index in [0.717, 1.165) is 13.1 Å². The molecular formula is C20H19ClN6OS. The molecule has 2 N–H and O–H groups in total. The molecule has 0 aliphatic carbocycles. The monoisotopic (exact) mass is 426 g/mol. The van der Waals surface area contributed by atoms with E-state index in [1.165, 1.54) is 11.8 Å². The van der Waals surface area contributed by atoms with E-state index in [1.807, 2.05) is 18.0 Å². The fourth-order valence-electron chi connectivity index (χ4n) is 3.09.